The minimum Gasteiger partial charge on any atom is -0.444 e. The molecule has 0 radical (unpaired) electrons. The first kappa shape index (κ1) is 29.2. The van der Waals surface area contributed by atoms with Crippen LogP contribution in [0.2, 0.25) is 25.7 Å². The van der Waals surface area contributed by atoms with Gasteiger partial charge in [0.1, 0.15) is 16.9 Å². The number of nitrogens with one attached hydrogen (secondary N) is 2. The van der Waals surface area contributed by atoms with Gasteiger partial charge in [-0.25, -0.2) is 9.78 Å². The fourth-order valence-electron chi connectivity index (χ4n) is 4.03. The van der Waals surface area contributed by atoms with E-state index >= 15 is 0 Å². The van der Waals surface area contributed by atoms with E-state index in [4.69, 9.17) is 9.47 Å². The van der Waals surface area contributed by atoms with E-state index in [2.05, 4.69) is 56.1 Å². The van der Waals surface area contributed by atoms with Gasteiger partial charge in [0.05, 0.1) is 11.4 Å². The Morgan fingerprint density at radius 1 is 1.22 bits per heavy atom. The van der Waals surface area contributed by atoms with E-state index in [0.717, 1.165) is 31.1 Å². The Morgan fingerprint density at radius 3 is 2.65 bits per heavy atom. The second kappa shape index (κ2) is 12.4. The molecule has 0 saturated carbocycles. The van der Waals surface area contributed by atoms with Crippen molar-refractivity contribution in [3.8, 4) is 0 Å². The van der Waals surface area contributed by atoms with Crippen molar-refractivity contribution in [2.24, 2.45) is 0 Å². The van der Waals surface area contributed by atoms with Crippen LogP contribution in [0, 0.1) is 0 Å². The Labute approximate surface area is 229 Å². The highest BCUT2D eigenvalue weighted by molar-refractivity contribution is 9.10. The number of piperidine rings is 1. The molecule has 0 bridgehead atoms. The zero-order chi connectivity index (χ0) is 27.2. The van der Waals surface area contributed by atoms with Gasteiger partial charge in [-0.05, 0) is 67.7 Å². The third-order valence-corrected chi connectivity index (χ3v) is 7.90. The van der Waals surface area contributed by atoms with E-state index in [1.807, 2.05) is 45.0 Å². The fraction of sp³-hybridized carbons (Fsp3) is 0.577. The van der Waals surface area contributed by atoms with Gasteiger partial charge in [-0.15, -0.1) is 0 Å². The zero-order valence-electron chi connectivity index (χ0n) is 22.8. The number of anilines is 2. The number of hydrogen-bond donors (Lipinski definition) is 2. The van der Waals surface area contributed by atoms with E-state index in [1.54, 1.807) is 10.8 Å². The predicted molar refractivity (Wildman–Crippen MR) is 153 cm³/mol. The molecule has 1 fully saturated rings. The lowest BCUT2D eigenvalue weighted by Crippen LogP contribution is -2.49. The van der Waals surface area contributed by atoms with Crippen LogP contribution in [0.15, 0.2) is 35.1 Å². The molecule has 204 valence electrons. The number of rotatable bonds is 9. The van der Waals surface area contributed by atoms with Crippen molar-refractivity contribution in [2.75, 3.05) is 29.9 Å². The van der Waals surface area contributed by atoms with Crippen LogP contribution in [-0.4, -0.2) is 61.0 Å². The lowest BCUT2D eigenvalue weighted by atomic mass is 10.0. The highest BCUT2D eigenvalue weighted by atomic mass is 79.9. The Hall–Kier alpha value is -2.37. The number of carbonyl (C=O) groups is 2. The number of aromatic nitrogens is 2. The van der Waals surface area contributed by atoms with Crippen LogP contribution in [0.1, 0.15) is 44.2 Å². The first-order valence-electron chi connectivity index (χ1n) is 12.8. The molecule has 0 aliphatic carbocycles. The van der Waals surface area contributed by atoms with E-state index in [0.29, 0.717) is 23.4 Å². The summed E-state index contributed by atoms with van der Waals surface area (Å²) in [5.41, 5.74) is 1.04. The Kier molecular flexibility index (Phi) is 9.82. The molecule has 2 aromatic rings. The molecule has 37 heavy (non-hydrogen) atoms. The van der Waals surface area contributed by atoms with Crippen LogP contribution >= 0.6 is 15.9 Å². The topological polar surface area (TPSA) is 97.7 Å². The molecule has 9 nitrogen and oxygen atoms in total. The number of amides is 2. The fourth-order valence-corrected chi connectivity index (χ4v) is 5.20. The van der Waals surface area contributed by atoms with Crippen LogP contribution in [0.5, 0.6) is 0 Å². The van der Waals surface area contributed by atoms with Gasteiger partial charge in [0.2, 0.25) is 5.82 Å². The quantitative estimate of drug-likeness (QED) is 0.286. The van der Waals surface area contributed by atoms with Crippen molar-refractivity contribution in [1.82, 2.24) is 14.9 Å². The van der Waals surface area contributed by atoms with Crippen LogP contribution in [0.4, 0.5) is 16.2 Å². The lowest BCUT2D eigenvalue weighted by Gasteiger charge is -2.36. The monoisotopic (exact) mass is 593 g/mol. The van der Waals surface area contributed by atoms with Crippen LogP contribution in [0.25, 0.3) is 0 Å². The summed E-state index contributed by atoms with van der Waals surface area (Å²) >= 11 is 3.39. The summed E-state index contributed by atoms with van der Waals surface area (Å²) in [7, 11) is -1.20. The van der Waals surface area contributed by atoms with Gasteiger partial charge in [-0.1, -0.05) is 31.8 Å². The van der Waals surface area contributed by atoms with Gasteiger partial charge in [0.25, 0.3) is 5.91 Å². The molecule has 1 saturated heterocycles. The van der Waals surface area contributed by atoms with Crippen molar-refractivity contribution in [3.63, 3.8) is 0 Å². The second-order valence-corrected chi connectivity index (χ2v) is 18.0. The van der Waals surface area contributed by atoms with Gasteiger partial charge < -0.3 is 29.6 Å². The number of halogens is 1. The average Bonchev–Trinajstić information content (AvgIpc) is 3.16. The molecule has 2 heterocycles. The van der Waals surface area contributed by atoms with Gasteiger partial charge in [-0.3, -0.25) is 4.79 Å². The number of ether oxygens (including phenoxy) is 2. The normalized spacial score (nSPS) is 16.4. The molecule has 1 aromatic heterocycles. The molecule has 1 aliphatic rings. The first-order chi connectivity index (χ1) is 17.3. The van der Waals surface area contributed by atoms with Crippen molar-refractivity contribution in [1.29, 1.82) is 0 Å². The zero-order valence-corrected chi connectivity index (χ0v) is 25.4. The van der Waals surface area contributed by atoms with E-state index in [9.17, 15) is 9.59 Å². The average molecular weight is 595 g/mol. The summed E-state index contributed by atoms with van der Waals surface area (Å²) in [5, 5.41) is 6.02. The van der Waals surface area contributed by atoms with Gasteiger partial charge in [0.15, 0.2) is 0 Å². The first-order valence-corrected chi connectivity index (χ1v) is 17.3. The van der Waals surface area contributed by atoms with Crippen molar-refractivity contribution in [2.45, 2.75) is 77.7 Å². The lowest BCUT2D eigenvalue weighted by molar-refractivity contribution is 0.0500. The highest BCUT2D eigenvalue weighted by Gasteiger charge is 2.26. The van der Waals surface area contributed by atoms with Crippen molar-refractivity contribution in [3.05, 3.63) is 40.9 Å². The third kappa shape index (κ3) is 9.46. The minimum absolute atomic E-state index is 0.0458. The number of imidazole rings is 1. The molecular formula is C26H40BrN5O4Si. The summed E-state index contributed by atoms with van der Waals surface area (Å²) in [6.07, 6.45) is 3.13. The van der Waals surface area contributed by atoms with E-state index < -0.39 is 19.8 Å². The molecule has 0 spiro atoms. The summed E-state index contributed by atoms with van der Waals surface area (Å²) in [6.45, 7) is 14.8. The van der Waals surface area contributed by atoms with Crippen LogP contribution < -0.4 is 15.5 Å². The smallest absolute Gasteiger partial charge is 0.407 e. The number of hydrogen-bond acceptors (Lipinski definition) is 6. The standard InChI is InChI=1S/C26H40BrN5O4Si/c1-26(2,3)36-25(34)28-19-10-9-13-31(16-19)21-12-8-7-11-20(21)29-24(33)23-30-22(27)17-32(23)18-35-14-15-37(4,5)6/h7-8,11-12,17,19H,9-10,13-16,18H2,1-6H3,(H,28,34)(H,29,33)/t19-/m1/s1. The van der Waals surface area contributed by atoms with Crippen LogP contribution in [-0.2, 0) is 16.2 Å². The van der Waals surface area contributed by atoms with Crippen molar-refractivity contribution >= 4 is 47.4 Å². The summed E-state index contributed by atoms with van der Waals surface area (Å²) < 4.78 is 13.6. The Balaban J connectivity index is 1.67. The largest absolute Gasteiger partial charge is 0.444 e. The summed E-state index contributed by atoms with van der Waals surface area (Å²) in [4.78, 5) is 32.1. The number of benzene rings is 1. The SMILES string of the molecule is CC(C)(C)OC(=O)N[C@@H]1CCCN(c2ccccc2NC(=O)c2nc(Br)cn2COCC[Si](C)(C)C)C1. The summed E-state index contributed by atoms with van der Waals surface area (Å²) in [6, 6.07) is 8.70. The number of carbonyl (C=O) groups excluding carboxylic acids is 2. The molecule has 0 unspecified atom stereocenters. The molecule has 3 rings (SSSR count). The highest BCUT2D eigenvalue weighted by Crippen LogP contribution is 2.29. The number of nitrogens with zero attached hydrogens (tertiary/aromatic N) is 3. The third-order valence-electron chi connectivity index (χ3n) is 5.81. The van der Waals surface area contributed by atoms with E-state index in [1.165, 1.54) is 0 Å². The maximum atomic E-state index is 13.3. The number of para-hydroxylation sites is 2. The maximum absolute atomic E-state index is 13.3. The van der Waals surface area contributed by atoms with Crippen molar-refractivity contribution < 1.29 is 19.1 Å². The Morgan fingerprint density at radius 2 is 1.95 bits per heavy atom. The molecule has 1 aromatic carbocycles. The minimum atomic E-state index is -1.20. The van der Waals surface area contributed by atoms with Gasteiger partial charge >= 0.3 is 6.09 Å². The maximum Gasteiger partial charge on any atom is 0.407 e. The Bertz CT molecular complexity index is 1080. The van der Waals surface area contributed by atoms with Gasteiger partial charge in [0, 0.05) is 40.0 Å². The molecule has 1 aliphatic heterocycles. The van der Waals surface area contributed by atoms with Gasteiger partial charge in [-0.2, -0.15) is 0 Å². The van der Waals surface area contributed by atoms with E-state index in [-0.39, 0.29) is 24.5 Å². The molecule has 11 heteroatoms. The predicted octanol–water partition coefficient (Wildman–Crippen LogP) is 5.70. The second-order valence-electron chi connectivity index (χ2n) is 11.6. The number of alkyl carbamates (subject to hydrolysis) is 1. The summed E-state index contributed by atoms with van der Waals surface area (Å²) in [5.74, 6) is -0.0369. The van der Waals surface area contributed by atoms with Crippen LogP contribution in [0.3, 0.4) is 0 Å². The molecule has 2 amide bonds. The molecule has 2 N–H and O–H groups in total. The molecular weight excluding hydrogens is 554 g/mol. The molecule has 1 atom stereocenters.